The number of aryl methyl sites for hydroxylation is 1. The average molecular weight is 374 g/mol. The summed E-state index contributed by atoms with van der Waals surface area (Å²) in [7, 11) is 0. The molecule has 0 aliphatic heterocycles. The van der Waals surface area contributed by atoms with Crippen LogP contribution in [0.5, 0.6) is 11.5 Å². The molecule has 0 spiro atoms. The monoisotopic (exact) mass is 374 g/mol. The van der Waals surface area contributed by atoms with Gasteiger partial charge in [-0.3, -0.25) is 0 Å². The lowest BCUT2D eigenvalue weighted by Gasteiger charge is -2.11. The van der Waals surface area contributed by atoms with Crippen LogP contribution in [0.15, 0.2) is 72.8 Å². The van der Waals surface area contributed by atoms with E-state index in [2.05, 4.69) is 13.8 Å². The third-order valence-corrected chi connectivity index (χ3v) is 4.32. The van der Waals surface area contributed by atoms with Crippen LogP contribution in [0, 0.1) is 6.92 Å². The first-order chi connectivity index (χ1) is 13.4. The molecule has 3 aromatic rings. The summed E-state index contributed by atoms with van der Waals surface area (Å²) in [6.45, 7) is 6.10. The minimum atomic E-state index is -0.603. The van der Waals surface area contributed by atoms with Crippen LogP contribution in [0.2, 0.25) is 0 Å². The number of hydrogen-bond acceptors (Lipinski definition) is 4. The predicted molar refractivity (Wildman–Crippen MR) is 108 cm³/mol. The molecule has 0 aliphatic carbocycles. The maximum absolute atomic E-state index is 12.6. The minimum Gasteiger partial charge on any atom is -0.423 e. The summed E-state index contributed by atoms with van der Waals surface area (Å²) in [5.74, 6) is 0.0398. The third-order valence-electron chi connectivity index (χ3n) is 4.32. The topological polar surface area (TPSA) is 52.6 Å². The first-order valence-corrected chi connectivity index (χ1v) is 9.14. The van der Waals surface area contributed by atoms with Gasteiger partial charge in [0.25, 0.3) is 0 Å². The molecule has 0 fully saturated rings. The lowest BCUT2D eigenvalue weighted by atomic mass is 10.0. The van der Waals surface area contributed by atoms with Crippen molar-refractivity contribution in [3.05, 3.63) is 95.1 Å². The van der Waals surface area contributed by atoms with Gasteiger partial charge in [-0.25, -0.2) is 9.59 Å². The van der Waals surface area contributed by atoms with E-state index < -0.39 is 11.9 Å². The second kappa shape index (κ2) is 8.53. The molecule has 0 radical (unpaired) electrons. The second-order valence-corrected chi connectivity index (χ2v) is 6.86. The first kappa shape index (κ1) is 19.4. The number of rotatable bonds is 5. The number of carbonyl (C=O) groups is 2. The number of esters is 2. The Morgan fingerprint density at radius 2 is 1.29 bits per heavy atom. The molecular formula is C24H22O4. The number of benzene rings is 3. The van der Waals surface area contributed by atoms with Gasteiger partial charge in [0.1, 0.15) is 11.5 Å². The van der Waals surface area contributed by atoms with Crippen LogP contribution in [0.4, 0.5) is 0 Å². The Morgan fingerprint density at radius 3 is 1.82 bits per heavy atom. The van der Waals surface area contributed by atoms with Gasteiger partial charge < -0.3 is 9.47 Å². The van der Waals surface area contributed by atoms with Crippen molar-refractivity contribution >= 4 is 11.9 Å². The van der Waals surface area contributed by atoms with Crippen molar-refractivity contribution in [1.29, 1.82) is 0 Å². The van der Waals surface area contributed by atoms with E-state index in [9.17, 15) is 9.59 Å². The number of ether oxygens (including phenoxy) is 2. The van der Waals surface area contributed by atoms with E-state index in [1.165, 1.54) is 0 Å². The van der Waals surface area contributed by atoms with Gasteiger partial charge >= 0.3 is 11.9 Å². The Kier molecular flexibility index (Phi) is 5.90. The highest BCUT2D eigenvalue weighted by Crippen LogP contribution is 2.21. The van der Waals surface area contributed by atoms with Gasteiger partial charge in [-0.2, -0.15) is 0 Å². The van der Waals surface area contributed by atoms with Crippen molar-refractivity contribution in [1.82, 2.24) is 0 Å². The molecule has 0 amide bonds. The van der Waals surface area contributed by atoms with Gasteiger partial charge in [-0.1, -0.05) is 50.2 Å². The molecule has 4 heteroatoms. The fraction of sp³-hybridized carbons (Fsp3) is 0.167. The summed E-state index contributed by atoms with van der Waals surface area (Å²) < 4.78 is 10.9. The van der Waals surface area contributed by atoms with Gasteiger partial charge in [-0.15, -0.1) is 0 Å². The minimum absolute atomic E-state index is 0.160. The van der Waals surface area contributed by atoms with E-state index in [4.69, 9.17) is 9.47 Å². The molecule has 0 saturated heterocycles. The summed E-state index contributed by atoms with van der Waals surface area (Å²) >= 11 is 0. The second-order valence-electron chi connectivity index (χ2n) is 6.86. The molecule has 0 bridgehead atoms. The molecule has 0 atom stereocenters. The lowest BCUT2D eigenvalue weighted by molar-refractivity contribution is 0.0692. The van der Waals surface area contributed by atoms with Crippen LogP contribution in [0.3, 0.4) is 0 Å². The van der Waals surface area contributed by atoms with Crippen molar-refractivity contribution in [2.45, 2.75) is 26.7 Å². The number of hydrogen-bond donors (Lipinski definition) is 0. The summed E-state index contributed by atoms with van der Waals surface area (Å²) in [5.41, 5.74) is 2.45. The number of carbonyl (C=O) groups excluding carboxylic acids is 2. The molecule has 0 unspecified atom stereocenters. The summed E-state index contributed by atoms with van der Waals surface area (Å²) in [6, 6.07) is 21.0. The van der Waals surface area contributed by atoms with E-state index >= 15 is 0 Å². The molecule has 0 saturated carbocycles. The van der Waals surface area contributed by atoms with Crippen molar-refractivity contribution in [2.75, 3.05) is 0 Å². The molecule has 28 heavy (non-hydrogen) atoms. The maximum Gasteiger partial charge on any atom is 0.344 e. The molecule has 3 rings (SSSR count). The lowest BCUT2D eigenvalue weighted by Crippen LogP contribution is -2.17. The van der Waals surface area contributed by atoms with Crippen LogP contribution in [0.1, 0.15) is 51.6 Å². The highest BCUT2D eigenvalue weighted by Gasteiger charge is 2.20. The van der Waals surface area contributed by atoms with Crippen LogP contribution >= 0.6 is 0 Å². The highest BCUT2D eigenvalue weighted by atomic mass is 16.5. The average Bonchev–Trinajstić information content (AvgIpc) is 2.68. The van der Waals surface area contributed by atoms with Crippen molar-refractivity contribution < 1.29 is 19.1 Å². The zero-order chi connectivity index (χ0) is 20.1. The van der Waals surface area contributed by atoms with E-state index in [1.54, 1.807) is 54.6 Å². The third kappa shape index (κ3) is 4.65. The van der Waals surface area contributed by atoms with Crippen LogP contribution < -0.4 is 9.47 Å². The molecule has 3 aromatic carbocycles. The van der Waals surface area contributed by atoms with Gasteiger partial charge in [-0.05, 0) is 60.4 Å². The van der Waals surface area contributed by atoms with Gasteiger partial charge in [0, 0.05) is 0 Å². The molecule has 4 nitrogen and oxygen atoms in total. The van der Waals surface area contributed by atoms with Crippen molar-refractivity contribution in [2.24, 2.45) is 0 Å². The van der Waals surface area contributed by atoms with Crippen molar-refractivity contribution in [3.63, 3.8) is 0 Å². The highest BCUT2D eigenvalue weighted by molar-refractivity contribution is 6.04. The van der Waals surface area contributed by atoms with Gasteiger partial charge in [0.2, 0.25) is 0 Å². The largest absolute Gasteiger partial charge is 0.423 e. The molecular weight excluding hydrogens is 352 g/mol. The predicted octanol–water partition coefficient (Wildman–Crippen LogP) is 5.56. The van der Waals surface area contributed by atoms with Crippen LogP contribution in [0.25, 0.3) is 0 Å². The molecule has 0 heterocycles. The smallest absolute Gasteiger partial charge is 0.344 e. The molecule has 0 N–H and O–H groups in total. The van der Waals surface area contributed by atoms with Gasteiger partial charge in [0.15, 0.2) is 0 Å². The maximum atomic E-state index is 12.6. The Hall–Kier alpha value is -3.40. The molecule has 0 aromatic heterocycles. The van der Waals surface area contributed by atoms with E-state index in [1.807, 2.05) is 25.1 Å². The Morgan fingerprint density at radius 1 is 0.714 bits per heavy atom. The quantitative estimate of drug-likeness (QED) is 0.433. The Balaban J connectivity index is 1.79. The Labute approximate surface area is 164 Å². The van der Waals surface area contributed by atoms with E-state index in [0.717, 1.165) is 11.1 Å². The molecule has 0 aliphatic rings. The first-order valence-electron chi connectivity index (χ1n) is 9.14. The summed E-state index contributed by atoms with van der Waals surface area (Å²) in [6.07, 6.45) is 0. The normalized spacial score (nSPS) is 10.6. The zero-order valence-electron chi connectivity index (χ0n) is 16.1. The Bertz CT molecular complexity index is 987. The van der Waals surface area contributed by atoms with Gasteiger partial charge in [0.05, 0.1) is 11.1 Å². The van der Waals surface area contributed by atoms with Crippen molar-refractivity contribution in [3.8, 4) is 11.5 Å². The fourth-order valence-electron chi connectivity index (χ4n) is 2.76. The zero-order valence-corrected chi connectivity index (χ0v) is 16.1. The van der Waals surface area contributed by atoms with Crippen LogP contribution in [-0.2, 0) is 0 Å². The summed E-state index contributed by atoms with van der Waals surface area (Å²) in [5, 5.41) is 0. The van der Waals surface area contributed by atoms with Crippen LogP contribution in [-0.4, -0.2) is 11.9 Å². The fourth-order valence-corrected chi connectivity index (χ4v) is 2.76. The van der Waals surface area contributed by atoms with E-state index in [0.29, 0.717) is 17.4 Å². The van der Waals surface area contributed by atoms with E-state index in [-0.39, 0.29) is 11.1 Å². The SMILES string of the molecule is Cc1cccc(OC(=O)c2ccccc2C(=O)Oc2ccc(C(C)C)cc2)c1. The standard InChI is InChI=1S/C24H22O4/c1-16(2)18-11-13-19(14-12-18)27-23(25)21-9-4-5-10-22(21)24(26)28-20-8-6-7-17(3)15-20/h4-16H,1-3H3. The molecule has 142 valence electrons. The summed E-state index contributed by atoms with van der Waals surface area (Å²) in [4.78, 5) is 25.2.